The summed E-state index contributed by atoms with van der Waals surface area (Å²) < 4.78 is 22.1. The molecule has 14 nitrogen and oxygen atoms in total. The molecule has 0 amide bonds. The summed E-state index contributed by atoms with van der Waals surface area (Å²) in [5.41, 5.74) is 6.21. The van der Waals surface area contributed by atoms with Gasteiger partial charge in [0.1, 0.15) is 18.8 Å². The molecule has 2 aliphatic heterocycles. The molecule has 30 heavy (non-hydrogen) atoms. The Morgan fingerprint density at radius 3 is 2.53 bits per heavy atom. The van der Waals surface area contributed by atoms with E-state index in [-0.39, 0.29) is 5.82 Å². The Labute approximate surface area is 167 Å². The van der Waals surface area contributed by atoms with Gasteiger partial charge in [-0.05, 0) is 6.07 Å². The normalized spacial score (nSPS) is 27.7. The maximum absolute atomic E-state index is 12.3. The first-order chi connectivity index (χ1) is 14.3. The number of aliphatic hydroxyl groups is 1. The SMILES string of the molecule is N[C@H](CO)C(=O)OC[C@H]1O[C@@H](n2ccc(NO)nc2=O)[C@@H]2OC(=O)/C=C\C(=O)OC21. The Bertz CT molecular complexity index is 916. The third-order valence-electron chi connectivity index (χ3n) is 4.25. The number of carbonyl (C=O) groups is 3. The van der Waals surface area contributed by atoms with Crippen molar-refractivity contribution in [2.24, 2.45) is 5.73 Å². The van der Waals surface area contributed by atoms with Crippen LogP contribution in [-0.2, 0) is 33.3 Å². The lowest BCUT2D eigenvalue weighted by Gasteiger charge is -2.25. The zero-order valence-electron chi connectivity index (χ0n) is 15.2. The number of rotatable bonds is 6. The van der Waals surface area contributed by atoms with Crippen molar-refractivity contribution in [2.45, 2.75) is 30.6 Å². The predicted molar refractivity (Wildman–Crippen MR) is 92.7 cm³/mol. The first-order valence-electron chi connectivity index (χ1n) is 8.61. The quantitative estimate of drug-likeness (QED) is 0.206. The highest BCUT2D eigenvalue weighted by Gasteiger charge is 2.51. The number of hydrogen-bond acceptors (Lipinski definition) is 13. The average Bonchev–Trinajstić information content (AvgIpc) is 3.04. The molecular weight excluding hydrogens is 408 g/mol. The van der Waals surface area contributed by atoms with Crippen molar-refractivity contribution in [2.75, 3.05) is 18.7 Å². The summed E-state index contributed by atoms with van der Waals surface area (Å²) in [5.74, 6) is -2.84. The van der Waals surface area contributed by atoms with E-state index in [1.807, 2.05) is 0 Å². The van der Waals surface area contributed by atoms with Gasteiger partial charge in [-0.2, -0.15) is 4.98 Å². The van der Waals surface area contributed by atoms with Gasteiger partial charge in [-0.25, -0.2) is 14.4 Å². The summed E-state index contributed by atoms with van der Waals surface area (Å²) in [6.45, 7) is -1.13. The molecule has 1 unspecified atom stereocenters. The molecule has 5 atom stereocenters. The summed E-state index contributed by atoms with van der Waals surface area (Å²) in [4.78, 5) is 51.4. The molecule has 3 rings (SSSR count). The largest absolute Gasteiger partial charge is 0.462 e. The van der Waals surface area contributed by atoms with Crippen molar-refractivity contribution < 1.29 is 43.6 Å². The third-order valence-corrected chi connectivity index (χ3v) is 4.25. The van der Waals surface area contributed by atoms with Gasteiger partial charge < -0.3 is 29.8 Å². The van der Waals surface area contributed by atoms with Gasteiger partial charge in [0.15, 0.2) is 24.3 Å². The van der Waals surface area contributed by atoms with E-state index in [4.69, 9.17) is 35.0 Å². The van der Waals surface area contributed by atoms with E-state index >= 15 is 0 Å². The smallest absolute Gasteiger partial charge is 0.351 e. The Balaban J connectivity index is 1.90. The molecule has 1 aromatic rings. The van der Waals surface area contributed by atoms with Crippen molar-refractivity contribution >= 4 is 23.7 Å². The monoisotopic (exact) mass is 426 g/mol. The molecule has 0 bridgehead atoms. The van der Waals surface area contributed by atoms with Gasteiger partial charge in [0.25, 0.3) is 0 Å². The van der Waals surface area contributed by atoms with Crippen LogP contribution in [0.1, 0.15) is 6.23 Å². The minimum absolute atomic E-state index is 0.140. The van der Waals surface area contributed by atoms with E-state index in [9.17, 15) is 19.2 Å². The van der Waals surface area contributed by atoms with Crippen molar-refractivity contribution in [3.05, 3.63) is 34.9 Å². The Hall–Kier alpha value is -3.33. The summed E-state index contributed by atoms with van der Waals surface area (Å²) in [6.07, 6.45) is -2.04. The van der Waals surface area contributed by atoms with Crippen molar-refractivity contribution in [3.63, 3.8) is 0 Å². The lowest BCUT2D eigenvalue weighted by atomic mass is 10.1. The summed E-state index contributed by atoms with van der Waals surface area (Å²) in [7, 11) is 0. The molecule has 2 aliphatic rings. The Kier molecular flexibility index (Phi) is 6.41. The van der Waals surface area contributed by atoms with Gasteiger partial charge in [0, 0.05) is 18.3 Å². The predicted octanol–water partition coefficient (Wildman–Crippen LogP) is -2.80. The van der Waals surface area contributed by atoms with Crippen LogP contribution < -0.4 is 16.9 Å². The maximum Gasteiger partial charge on any atom is 0.351 e. The van der Waals surface area contributed by atoms with Crippen LogP contribution in [0.25, 0.3) is 0 Å². The third kappa shape index (κ3) is 4.46. The van der Waals surface area contributed by atoms with E-state index in [0.717, 1.165) is 16.7 Å². The fourth-order valence-electron chi connectivity index (χ4n) is 2.83. The molecular formula is C16H18N4O10. The highest BCUT2D eigenvalue weighted by atomic mass is 16.7. The topological polar surface area (TPSA) is 202 Å². The van der Waals surface area contributed by atoms with Gasteiger partial charge >= 0.3 is 23.6 Å². The second kappa shape index (κ2) is 9.00. The standard InChI is InChI=1S/C16H18N4O10/c17-7(5-21)15(24)27-6-8-12-13(30-11(23)2-1-10(22)29-12)14(28-8)20-4-3-9(19-26)18-16(20)25/h1-4,7-8,12-14,21,26H,5-6,17H2,(H,18,19,25)/b2-1-/t7-,8-,12?,13-,14-/m1/s1. The van der Waals surface area contributed by atoms with Gasteiger partial charge in [-0.3, -0.25) is 20.0 Å². The molecule has 5 N–H and O–H groups in total. The Morgan fingerprint density at radius 1 is 1.27 bits per heavy atom. The first-order valence-corrected chi connectivity index (χ1v) is 8.61. The Morgan fingerprint density at radius 2 is 1.93 bits per heavy atom. The molecule has 14 heteroatoms. The molecule has 162 valence electrons. The molecule has 0 aromatic carbocycles. The number of nitrogens with two attached hydrogens (primary N) is 1. The number of hydrogen-bond donors (Lipinski definition) is 4. The highest BCUT2D eigenvalue weighted by Crippen LogP contribution is 2.34. The average molecular weight is 426 g/mol. The number of anilines is 1. The van der Waals surface area contributed by atoms with Crippen LogP contribution in [0.2, 0.25) is 0 Å². The fourth-order valence-corrected chi connectivity index (χ4v) is 2.83. The van der Waals surface area contributed by atoms with Crippen molar-refractivity contribution in [3.8, 4) is 0 Å². The lowest BCUT2D eigenvalue weighted by Crippen LogP contribution is -2.43. The highest BCUT2D eigenvalue weighted by molar-refractivity contribution is 5.92. The van der Waals surface area contributed by atoms with E-state index in [2.05, 4.69) is 4.98 Å². The molecule has 0 aliphatic carbocycles. The van der Waals surface area contributed by atoms with Crippen LogP contribution in [0.5, 0.6) is 0 Å². The molecule has 1 fully saturated rings. The van der Waals surface area contributed by atoms with E-state index in [1.165, 1.54) is 12.3 Å². The number of aliphatic hydroxyl groups excluding tert-OH is 1. The van der Waals surface area contributed by atoms with Crippen molar-refractivity contribution in [1.82, 2.24) is 9.55 Å². The molecule has 1 aromatic heterocycles. The molecule has 0 radical (unpaired) electrons. The van der Waals surface area contributed by atoms with Gasteiger partial charge in [0.05, 0.1) is 6.61 Å². The number of nitrogens with zero attached hydrogens (tertiary/aromatic N) is 2. The zero-order valence-corrected chi connectivity index (χ0v) is 15.2. The van der Waals surface area contributed by atoms with Gasteiger partial charge in [-0.1, -0.05) is 0 Å². The number of ether oxygens (including phenoxy) is 4. The van der Waals surface area contributed by atoms with Crippen molar-refractivity contribution in [1.29, 1.82) is 0 Å². The zero-order chi connectivity index (χ0) is 21.8. The first kappa shape index (κ1) is 21.4. The lowest BCUT2D eigenvalue weighted by molar-refractivity contribution is -0.165. The van der Waals surface area contributed by atoms with Crippen LogP contribution in [0.4, 0.5) is 5.82 Å². The van der Waals surface area contributed by atoms with Crippen LogP contribution >= 0.6 is 0 Å². The van der Waals surface area contributed by atoms with Gasteiger partial charge in [-0.15, -0.1) is 0 Å². The van der Waals surface area contributed by atoms with Crippen LogP contribution in [0, 0.1) is 0 Å². The fraction of sp³-hybridized carbons (Fsp3) is 0.438. The van der Waals surface area contributed by atoms with Crippen LogP contribution in [-0.4, -0.2) is 75.3 Å². The molecule has 0 saturated carbocycles. The van der Waals surface area contributed by atoms with E-state index in [1.54, 1.807) is 5.48 Å². The number of esters is 3. The number of nitrogens with one attached hydrogen (secondary N) is 1. The van der Waals surface area contributed by atoms with Crippen LogP contribution in [0.3, 0.4) is 0 Å². The maximum atomic E-state index is 12.3. The summed E-state index contributed by atoms with van der Waals surface area (Å²) >= 11 is 0. The minimum Gasteiger partial charge on any atom is -0.462 e. The molecule has 0 spiro atoms. The number of aromatic nitrogens is 2. The van der Waals surface area contributed by atoms with Gasteiger partial charge in [0.2, 0.25) is 0 Å². The summed E-state index contributed by atoms with van der Waals surface area (Å²) in [6, 6.07) is -0.0479. The second-order valence-corrected chi connectivity index (χ2v) is 6.23. The van der Waals surface area contributed by atoms with Crippen LogP contribution in [0.15, 0.2) is 29.2 Å². The molecule has 1 saturated heterocycles. The minimum atomic E-state index is -1.29. The second-order valence-electron chi connectivity index (χ2n) is 6.23. The number of carbonyl (C=O) groups excluding carboxylic acids is 3. The van der Waals surface area contributed by atoms with E-state index < -0.39 is 67.4 Å². The molecule has 3 heterocycles. The van der Waals surface area contributed by atoms with E-state index in [0.29, 0.717) is 0 Å². The summed E-state index contributed by atoms with van der Waals surface area (Å²) in [5, 5.41) is 17.8. The number of fused-ring (bicyclic) bond motifs is 1.